The largest absolute Gasteiger partial charge is 0.378 e. The maximum Gasteiger partial charge on any atom is 0.190 e. The average Bonchev–Trinajstić information content (AvgIpc) is 2.39. The van der Waals surface area contributed by atoms with E-state index in [1.54, 1.807) is 0 Å². The van der Waals surface area contributed by atoms with E-state index >= 15 is 0 Å². The van der Waals surface area contributed by atoms with Gasteiger partial charge in [-0.1, -0.05) is 27.7 Å². The molecule has 0 aliphatic carbocycles. The zero-order valence-corrected chi connectivity index (χ0v) is 16.0. The van der Waals surface area contributed by atoms with E-state index < -0.39 is 0 Å². The van der Waals surface area contributed by atoms with Crippen molar-refractivity contribution in [2.45, 2.75) is 47.1 Å². The van der Waals surface area contributed by atoms with Crippen LogP contribution in [0, 0.1) is 11.3 Å². The molecule has 2 N–H and O–H groups in total. The van der Waals surface area contributed by atoms with E-state index in [4.69, 9.17) is 4.74 Å². The van der Waals surface area contributed by atoms with E-state index in [1.165, 1.54) is 0 Å². The first-order chi connectivity index (χ1) is 10.2. The topological polar surface area (TPSA) is 48.9 Å². The van der Waals surface area contributed by atoms with Crippen LogP contribution in [-0.2, 0) is 4.74 Å². The van der Waals surface area contributed by atoms with Gasteiger partial charge in [0.2, 0.25) is 0 Å². The molecule has 5 nitrogen and oxygen atoms in total. The van der Waals surface area contributed by atoms with Crippen molar-refractivity contribution >= 4 is 5.96 Å². The lowest BCUT2D eigenvalue weighted by Gasteiger charge is -2.29. The maximum absolute atomic E-state index is 5.77. The Morgan fingerprint density at radius 3 is 2.32 bits per heavy atom. The number of hydrogen-bond acceptors (Lipinski definition) is 3. The van der Waals surface area contributed by atoms with Crippen LogP contribution in [0.4, 0.5) is 0 Å². The summed E-state index contributed by atoms with van der Waals surface area (Å²) in [7, 11) is 6.03. The summed E-state index contributed by atoms with van der Waals surface area (Å²) in [4.78, 5) is 6.51. The molecule has 0 aromatic rings. The molecule has 0 amide bonds. The molecule has 0 rings (SSSR count). The summed E-state index contributed by atoms with van der Waals surface area (Å²) in [6.07, 6.45) is 1.30. The molecule has 0 aliphatic heterocycles. The molecule has 0 aliphatic rings. The molecule has 0 saturated heterocycles. The highest BCUT2D eigenvalue weighted by Crippen LogP contribution is 2.14. The summed E-state index contributed by atoms with van der Waals surface area (Å²) < 4.78 is 5.77. The van der Waals surface area contributed by atoms with Gasteiger partial charge in [-0.25, -0.2) is 0 Å². The zero-order chi connectivity index (χ0) is 17.2. The van der Waals surface area contributed by atoms with E-state index in [-0.39, 0.29) is 5.41 Å². The van der Waals surface area contributed by atoms with Crippen LogP contribution in [0.25, 0.3) is 0 Å². The molecule has 1 atom stereocenters. The molecule has 22 heavy (non-hydrogen) atoms. The number of hydrogen-bond donors (Lipinski definition) is 2. The van der Waals surface area contributed by atoms with Crippen LogP contribution in [0.5, 0.6) is 0 Å². The minimum atomic E-state index is 0.201. The van der Waals surface area contributed by atoms with Gasteiger partial charge in [0.1, 0.15) is 0 Å². The Kier molecular flexibility index (Phi) is 10.4. The molecular weight excluding hydrogens is 276 g/mol. The highest BCUT2D eigenvalue weighted by Gasteiger charge is 2.19. The van der Waals surface area contributed by atoms with Crippen LogP contribution >= 0.6 is 0 Å². The average molecular weight is 315 g/mol. The summed E-state index contributed by atoms with van der Waals surface area (Å²) in [6.45, 7) is 14.6. The molecule has 0 aromatic carbocycles. The lowest BCUT2D eigenvalue weighted by atomic mass is 9.93. The predicted molar refractivity (Wildman–Crippen MR) is 96.6 cm³/mol. The second kappa shape index (κ2) is 10.8. The third-order valence-corrected chi connectivity index (χ3v) is 3.55. The molecule has 132 valence electrons. The first-order valence-electron chi connectivity index (χ1n) is 8.42. The van der Waals surface area contributed by atoms with Crippen molar-refractivity contribution in [3.05, 3.63) is 0 Å². The number of aliphatic imine (C=N–C) groups is 1. The summed E-state index contributed by atoms with van der Waals surface area (Å²) in [5, 5.41) is 6.81. The lowest BCUT2D eigenvalue weighted by Crippen LogP contribution is -2.45. The SMILES string of the molecule is CCOC(CCNC(=NC)NCC(C)(C)CN(C)C)C(C)C. The number of rotatable bonds is 10. The Labute approximate surface area is 137 Å². The zero-order valence-electron chi connectivity index (χ0n) is 16.0. The van der Waals surface area contributed by atoms with Crippen LogP contribution in [0.1, 0.15) is 41.0 Å². The minimum absolute atomic E-state index is 0.201. The molecule has 0 saturated carbocycles. The Bertz CT molecular complexity index is 314. The monoisotopic (exact) mass is 314 g/mol. The quantitative estimate of drug-likeness (QED) is 0.479. The fourth-order valence-electron chi connectivity index (χ4n) is 2.61. The highest BCUT2D eigenvalue weighted by atomic mass is 16.5. The molecule has 0 aromatic heterocycles. The van der Waals surface area contributed by atoms with Crippen LogP contribution < -0.4 is 10.6 Å². The van der Waals surface area contributed by atoms with Crippen molar-refractivity contribution in [3.8, 4) is 0 Å². The van der Waals surface area contributed by atoms with Gasteiger partial charge < -0.3 is 20.3 Å². The maximum atomic E-state index is 5.77. The highest BCUT2D eigenvalue weighted by molar-refractivity contribution is 5.79. The van der Waals surface area contributed by atoms with Gasteiger partial charge in [-0.05, 0) is 38.8 Å². The van der Waals surface area contributed by atoms with Crippen LogP contribution in [0.15, 0.2) is 4.99 Å². The number of nitrogens with zero attached hydrogens (tertiary/aromatic N) is 2. The Morgan fingerprint density at radius 1 is 1.23 bits per heavy atom. The van der Waals surface area contributed by atoms with Gasteiger partial charge in [0.05, 0.1) is 6.10 Å². The number of nitrogens with one attached hydrogen (secondary N) is 2. The molecule has 0 heterocycles. The second-order valence-corrected chi connectivity index (χ2v) is 7.28. The third-order valence-electron chi connectivity index (χ3n) is 3.55. The number of guanidine groups is 1. The first-order valence-corrected chi connectivity index (χ1v) is 8.42. The fraction of sp³-hybridized carbons (Fsp3) is 0.941. The van der Waals surface area contributed by atoms with Gasteiger partial charge in [-0.3, -0.25) is 4.99 Å². The Morgan fingerprint density at radius 2 is 1.86 bits per heavy atom. The molecule has 5 heteroatoms. The molecular formula is C17H38N4O. The van der Waals surface area contributed by atoms with Crippen LogP contribution in [0.2, 0.25) is 0 Å². The Balaban J connectivity index is 4.18. The van der Waals surface area contributed by atoms with Gasteiger partial charge in [-0.15, -0.1) is 0 Å². The van der Waals surface area contributed by atoms with Crippen LogP contribution in [0.3, 0.4) is 0 Å². The smallest absolute Gasteiger partial charge is 0.190 e. The van der Waals surface area contributed by atoms with Crippen molar-refractivity contribution in [3.63, 3.8) is 0 Å². The standard InChI is InChI=1S/C17H38N4O/c1-9-22-15(14(2)3)10-11-19-16(18-6)20-12-17(4,5)13-21(7)8/h14-15H,9-13H2,1-8H3,(H2,18,19,20). The van der Waals surface area contributed by atoms with Gasteiger partial charge in [0, 0.05) is 33.3 Å². The number of ether oxygens (including phenoxy) is 1. The fourth-order valence-corrected chi connectivity index (χ4v) is 2.61. The van der Waals surface area contributed by atoms with E-state index in [2.05, 4.69) is 69.2 Å². The molecule has 1 unspecified atom stereocenters. The van der Waals surface area contributed by atoms with Gasteiger partial charge in [0.15, 0.2) is 5.96 Å². The Hall–Kier alpha value is -0.810. The van der Waals surface area contributed by atoms with Crippen molar-refractivity contribution in [2.75, 3.05) is 47.4 Å². The minimum Gasteiger partial charge on any atom is -0.378 e. The normalized spacial score (nSPS) is 14.5. The molecule has 0 bridgehead atoms. The van der Waals surface area contributed by atoms with E-state index in [0.29, 0.717) is 12.0 Å². The van der Waals surface area contributed by atoms with Crippen molar-refractivity contribution in [2.24, 2.45) is 16.3 Å². The van der Waals surface area contributed by atoms with Crippen molar-refractivity contribution < 1.29 is 4.74 Å². The molecule has 0 spiro atoms. The summed E-state index contributed by atoms with van der Waals surface area (Å²) >= 11 is 0. The van der Waals surface area contributed by atoms with E-state index in [1.807, 2.05) is 7.05 Å². The predicted octanol–water partition coefficient (Wildman–Crippen LogP) is 2.19. The van der Waals surface area contributed by atoms with Gasteiger partial charge in [-0.2, -0.15) is 0 Å². The van der Waals surface area contributed by atoms with Crippen molar-refractivity contribution in [1.29, 1.82) is 0 Å². The first kappa shape index (κ1) is 21.2. The summed E-state index contributed by atoms with van der Waals surface area (Å²) in [5.74, 6) is 1.40. The molecule has 0 fully saturated rings. The van der Waals surface area contributed by atoms with Crippen LogP contribution in [-0.4, -0.2) is 64.3 Å². The second-order valence-electron chi connectivity index (χ2n) is 7.28. The summed E-state index contributed by atoms with van der Waals surface area (Å²) in [6, 6.07) is 0. The van der Waals surface area contributed by atoms with E-state index in [0.717, 1.165) is 38.6 Å². The third kappa shape index (κ3) is 10.0. The van der Waals surface area contributed by atoms with E-state index in [9.17, 15) is 0 Å². The van der Waals surface area contributed by atoms with Gasteiger partial charge >= 0.3 is 0 Å². The molecule has 0 radical (unpaired) electrons. The van der Waals surface area contributed by atoms with Crippen molar-refractivity contribution in [1.82, 2.24) is 15.5 Å². The van der Waals surface area contributed by atoms with Gasteiger partial charge in [0.25, 0.3) is 0 Å². The summed E-state index contributed by atoms with van der Waals surface area (Å²) in [5.41, 5.74) is 0.201. The lowest BCUT2D eigenvalue weighted by molar-refractivity contribution is 0.0258.